The van der Waals surface area contributed by atoms with Crippen LogP contribution in [0.25, 0.3) is 0 Å². The fraction of sp³-hybridized carbons (Fsp3) is 0.414. The zero-order valence-electron chi connectivity index (χ0n) is 22.2. The van der Waals surface area contributed by atoms with Crippen molar-refractivity contribution in [2.75, 3.05) is 37.1 Å². The molecular weight excluding hydrogens is 515 g/mol. The van der Waals surface area contributed by atoms with Gasteiger partial charge in [-0.3, -0.25) is 4.90 Å². The standard InChI is InChI=1S/C29H34ClN6OP/c1-19-4-11-26(27(14-19)38(2,3)37)34-28-25(30)17-32-29(35-28)33-23-8-5-21-6-9-24(10-7-22(21)15-23)36-13-12-20(16-31)18-36/h4-5,8,11,14-15,17,20,24H,6-7,9-10,12-13,18H2,1-3H3,(H2,32,33,34,35)/t20-,24+/m0/s1. The van der Waals surface area contributed by atoms with E-state index in [0.29, 0.717) is 22.8 Å². The zero-order chi connectivity index (χ0) is 26.9. The van der Waals surface area contributed by atoms with E-state index in [9.17, 15) is 9.83 Å². The molecule has 2 atom stereocenters. The van der Waals surface area contributed by atoms with E-state index in [2.05, 4.69) is 49.8 Å². The van der Waals surface area contributed by atoms with E-state index in [1.165, 1.54) is 11.1 Å². The normalized spacial score (nSPS) is 19.9. The molecule has 3 aromatic rings. The highest BCUT2D eigenvalue weighted by atomic mass is 35.5. The number of nitriles is 1. The maximum atomic E-state index is 12.9. The minimum absolute atomic E-state index is 0.182. The number of aryl methyl sites for hydroxylation is 3. The predicted octanol–water partition coefficient (Wildman–Crippen LogP) is 6.27. The van der Waals surface area contributed by atoms with Gasteiger partial charge >= 0.3 is 0 Å². The summed E-state index contributed by atoms with van der Waals surface area (Å²) in [6.07, 6.45) is 6.88. The van der Waals surface area contributed by atoms with Gasteiger partial charge in [-0.15, -0.1) is 0 Å². The third kappa shape index (κ3) is 6.04. The largest absolute Gasteiger partial charge is 0.338 e. The van der Waals surface area contributed by atoms with Crippen molar-refractivity contribution in [3.63, 3.8) is 0 Å². The van der Waals surface area contributed by atoms with Gasteiger partial charge in [-0.2, -0.15) is 10.2 Å². The van der Waals surface area contributed by atoms with Crippen molar-refractivity contribution in [2.24, 2.45) is 5.92 Å². The number of aromatic nitrogens is 2. The van der Waals surface area contributed by atoms with Crippen molar-refractivity contribution in [2.45, 2.75) is 45.1 Å². The molecular formula is C29H34ClN6OP. The molecule has 0 spiro atoms. The number of benzene rings is 2. The zero-order valence-corrected chi connectivity index (χ0v) is 23.8. The van der Waals surface area contributed by atoms with Gasteiger partial charge in [-0.1, -0.05) is 29.3 Å². The lowest BCUT2D eigenvalue weighted by atomic mass is 10.0. The Morgan fingerprint density at radius 3 is 2.61 bits per heavy atom. The van der Waals surface area contributed by atoms with Gasteiger partial charge in [0.1, 0.15) is 12.2 Å². The summed E-state index contributed by atoms with van der Waals surface area (Å²) in [5, 5.41) is 17.0. The van der Waals surface area contributed by atoms with Crippen LogP contribution in [0.5, 0.6) is 0 Å². The highest BCUT2D eigenvalue weighted by Gasteiger charge is 2.29. The Labute approximate surface area is 230 Å². The van der Waals surface area contributed by atoms with E-state index in [1.807, 2.05) is 25.1 Å². The van der Waals surface area contributed by atoms with Gasteiger partial charge in [0.2, 0.25) is 5.95 Å². The van der Waals surface area contributed by atoms with E-state index in [4.69, 9.17) is 11.6 Å². The molecule has 1 aliphatic carbocycles. The molecule has 5 rings (SSSR count). The van der Waals surface area contributed by atoms with Gasteiger partial charge in [0, 0.05) is 23.6 Å². The fourth-order valence-electron chi connectivity index (χ4n) is 5.52. The molecule has 1 saturated heterocycles. The van der Waals surface area contributed by atoms with Crippen molar-refractivity contribution >= 4 is 47.2 Å². The molecule has 0 radical (unpaired) electrons. The van der Waals surface area contributed by atoms with Crippen LogP contribution in [0.2, 0.25) is 5.02 Å². The van der Waals surface area contributed by atoms with Crippen LogP contribution in [0.4, 0.5) is 23.1 Å². The quantitative estimate of drug-likeness (QED) is 0.277. The second kappa shape index (κ2) is 11.1. The SMILES string of the molecule is Cc1ccc(Nc2nc(Nc3ccc4c(c3)CC[C@H](N3CC[C@@H](C#N)C3)CC4)ncc2Cl)c(P(C)(C)=O)c1. The minimum Gasteiger partial charge on any atom is -0.338 e. The topological polar surface area (TPSA) is 93.9 Å². The molecule has 2 N–H and O–H groups in total. The van der Waals surface area contributed by atoms with Gasteiger partial charge in [-0.25, -0.2) is 4.98 Å². The maximum absolute atomic E-state index is 12.9. The first kappa shape index (κ1) is 26.7. The monoisotopic (exact) mass is 548 g/mol. The summed E-state index contributed by atoms with van der Waals surface area (Å²) < 4.78 is 12.9. The third-order valence-corrected chi connectivity index (χ3v) is 9.41. The molecule has 0 bridgehead atoms. The summed E-state index contributed by atoms with van der Waals surface area (Å²) in [7, 11) is -2.51. The number of likely N-dealkylation sites (tertiary alicyclic amines) is 1. The highest BCUT2D eigenvalue weighted by molar-refractivity contribution is 7.70. The average Bonchev–Trinajstić information content (AvgIpc) is 3.27. The van der Waals surface area contributed by atoms with E-state index in [-0.39, 0.29) is 5.92 Å². The number of hydrogen-bond acceptors (Lipinski definition) is 7. The summed E-state index contributed by atoms with van der Waals surface area (Å²) >= 11 is 6.44. The molecule has 2 heterocycles. The van der Waals surface area contributed by atoms with Crippen LogP contribution in [0.3, 0.4) is 0 Å². The van der Waals surface area contributed by atoms with Crippen LogP contribution < -0.4 is 15.9 Å². The predicted molar refractivity (Wildman–Crippen MR) is 156 cm³/mol. The van der Waals surface area contributed by atoms with E-state index >= 15 is 0 Å². The number of nitrogens with zero attached hydrogens (tertiary/aromatic N) is 4. The van der Waals surface area contributed by atoms with Crippen molar-refractivity contribution in [1.82, 2.24) is 14.9 Å². The summed E-state index contributed by atoms with van der Waals surface area (Å²) in [5.74, 6) is 1.08. The van der Waals surface area contributed by atoms with Crippen molar-refractivity contribution in [1.29, 1.82) is 5.26 Å². The fourth-order valence-corrected chi connectivity index (χ4v) is 6.89. The second-order valence-corrected chi connectivity index (χ2v) is 14.4. The molecule has 0 unspecified atom stereocenters. The molecule has 2 aliphatic rings. The molecule has 1 aliphatic heterocycles. The smallest absolute Gasteiger partial charge is 0.229 e. The Hall–Kier alpha value is -2.91. The van der Waals surface area contributed by atoms with E-state index < -0.39 is 7.14 Å². The summed E-state index contributed by atoms with van der Waals surface area (Å²) in [5.41, 5.74) is 5.46. The van der Waals surface area contributed by atoms with E-state index in [1.54, 1.807) is 19.5 Å². The molecule has 198 valence electrons. The first-order valence-corrected chi connectivity index (χ1v) is 16.2. The number of hydrogen-bond donors (Lipinski definition) is 2. The molecule has 1 aromatic heterocycles. The second-order valence-electron chi connectivity index (χ2n) is 10.8. The Morgan fingerprint density at radius 1 is 1.08 bits per heavy atom. The Morgan fingerprint density at radius 2 is 1.87 bits per heavy atom. The number of halogens is 1. The summed E-state index contributed by atoms with van der Waals surface area (Å²) in [6.45, 7) is 7.45. The van der Waals surface area contributed by atoms with Crippen molar-refractivity contribution in [3.05, 3.63) is 64.3 Å². The molecule has 0 saturated carbocycles. The van der Waals surface area contributed by atoms with Gasteiger partial charge in [-0.05, 0) is 94.3 Å². The first-order chi connectivity index (χ1) is 18.2. The maximum Gasteiger partial charge on any atom is 0.229 e. The number of nitrogens with one attached hydrogen (secondary N) is 2. The van der Waals surface area contributed by atoms with Crippen LogP contribution >= 0.6 is 18.7 Å². The van der Waals surface area contributed by atoms with Gasteiger partial charge in [0.15, 0.2) is 5.82 Å². The molecule has 0 amide bonds. The Bertz CT molecular complexity index is 1430. The summed E-state index contributed by atoms with van der Waals surface area (Å²) in [6, 6.07) is 15.3. The lowest BCUT2D eigenvalue weighted by Gasteiger charge is -2.26. The molecule has 1 fully saturated rings. The highest BCUT2D eigenvalue weighted by Crippen LogP contribution is 2.39. The number of anilines is 4. The van der Waals surface area contributed by atoms with Crippen LogP contribution in [-0.4, -0.2) is 47.3 Å². The van der Waals surface area contributed by atoms with Crippen LogP contribution in [0.1, 0.15) is 36.0 Å². The van der Waals surface area contributed by atoms with E-state index in [0.717, 1.165) is 67.4 Å². The minimum atomic E-state index is -2.51. The van der Waals surface area contributed by atoms with Gasteiger partial charge < -0.3 is 15.2 Å². The van der Waals surface area contributed by atoms with Crippen LogP contribution in [0, 0.1) is 24.2 Å². The van der Waals surface area contributed by atoms with Gasteiger partial charge in [0.25, 0.3) is 0 Å². The summed E-state index contributed by atoms with van der Waals surface area (Å²) in [4.78, 5) is 11.5. The lowest BCUT2D eigenvalue weighted by molar-refractivity contribution is 0.218. The van der Waals surface area contributed by atoms with Gasteiger partial charge in [0.05, 0.1) is 23.9 Å². The van der Waals surface area contributed by atoms with Crippen LogP contribution in [-0.2, 0) is 17.4 Å². The molecule has 7 nitrogen and oxygen atoms in total. The Kier molecular flexibility index (Phi) is 7.77. The Balaban J connectivity index is 1.31. The lowest BCUT2D eigenvalue weighted by Crippen LogP contribution is -2.33. The van der Waals surface area contributed by atoms with Crippen molar-refractivity contribution < 1.29 is 4.57 Å². The number of fused-ring (bicyclic) bond motifs is 1. The number of rotatable bonds is 6. The molecule has 9 heteroatoms. The van der Waals surface area contributed by atoms with Crippen LogP contribution in [0.15, 0.2) is 42.6 Å². The first-order valence-electron chi connectivity index (χ1n) is 13.2. The molecule has 38 heavy (non-hydrogen) atoms. The third-order valence-electron chi connectivity index (χ3n) is 7.61. The molecule has 2 aromatic carbocycles. The van der Waals surface area contributed by atoms with Crippen molar-refractivity contribution in [3.8, 4) is 6.07 Å². The average molecular weight is 549 g/mol.